The summed E-state index contributed by atoms with van der Waals surface area (Å²) in [4.78, 5) is 31.5. The first-order valence-electron chi connectivity index (χ1n) is 11.7. The molecule has 8 heteroatoms. The molecule has 8 nitrogen and oxygen atoms in total. The third kappa shape index (κ3) is 4.40. The fraction of sp³-hybridized carbons (Fsp3) is 0.500. The van der Waals surface area contributed by atoms with E-state index < -0.39 is 0 Å². The molecule has 1 fully saturated rings. The van der Waals surface area contributed by atoms with Crippen molar-refractivity contribution in [2.75, 3.05) is 42.9 Å². The summed E-state index contributed by atoms with van der Waals surface area (Å²) in [5.41, 5.74) is 2.55. The van der Waals surface area contributed by atoms with Gasteiger partial charge in [0, 0.05) is 38.4 Å². The van der Waals surface area contributed by atoms with E-state index >= 15 is 0 Å². The van der Waals surface area contributed by atoms with E-state index in [4.69, 9.17) is 9.97 Å². The Hall–Kier alpha value is -3.16. The molecule has 2 aromatic heterocycles. The van der Waals surface area contributed by atoms with E-state index in [1.807, 2.05) is 53.6 Å². The van der Waals surface area contributed by atoms with Crippen LogP contribution in [-0.4, -0.2) is 63.0 Å². The van der Waals surface area contributed by atoms with E-state index in [1.54, 1.807) is 6.33 Å². The fourth-order valence-electron chi connectivity index (χ4n) is 4.33. The van der Waals surface area contributed by atoms with Gasteiger partial charge in [0.15, 0.2) is 17.0 Å². The predicted molar refractivity (Wildman–Crippen MR) is 128 cm³/mol. The average molecular weight is 436 g/mol. The smallest absolute Gasteiger partial charge is 0.229 e. The molecule has 0 spiro atoms. The summed E-state index contributed by atoms with van der Waals surface area (Å²) in [7, 11) is 0. The van der Waals surface area contributed by atoms with Crippen LogP contribution in [-0.2, 0) is 4.79 Å². The number of aromatic nitrogens is 4. The number of piperidine rings is 1. The molecule has 1 aliphatic heterocycles. The monoisotopic (exact) mass is 435 g/mol. The number of fused-ring (bicyclic) bond motifs is 1. The Morgan fingerprint density at radius 1 is 1.16 bits per heavy atom. The highest BCUT2D eigenvalue weighted by Gasteiger charge is 2.30. The minimum atomic E-state index is -0.0194. The van der Waals surface area contributed by atoms with Crippen molar-refractivity contribution in [2.24, 2.45) is 5.92 Å². The number of nitrogens with one attached hydrogen (secondary N) is 1. The summed E-state index contributed by atoms with van der Waals surface area (Å²) in [5.74, 6) is 1.62. The van der Waals surface area contributed by atoms with Crippen molar-refractivity contribution in [3.63, 3.8) is 0 Å². The molecule has 1 unspecified atom stereocenters. The predicted octanol–water partition coefficient (Wildman–Crippen LogP) is 3.72. The van der Waals surface area contributed by atoms with E-state index in [2.05, 4.69) is 22.1 Å². The highest BCUT2D eigenvalue weighted by Crippen LogP contribution is 2.28. The van der Waals surface area contributed by atoms with Crippen LogP contribution >= 0.6 is 0 Å². The molecular weight excluding hydrogens is 402 g/mol. The number of rotatable bonds is 8. The van der Waals surface area contributed by atoms with Gasteiger partial charge >= 0.3 is 0 Å². The number of carbonyl (C=O) groups is 1. The minimum Gasteiger partial charge on any atom is -0.368 e. The molecule has 1 saturated heterocycles. The van der Waals surface area contributed by atoms with Gasteiger partial charge in [-0.2, -0.15) is 9.97 Å². The zero-order valence-electron chi connectivity index (χ0n) is 19.3. The lowest BCUT2D eigenvalue weighted by molar-refractivity contribution is -0.135. The second-order valence-electron chi connectivity index (χ2n) is 8.22. The molecule has 1 amide bonds. The quantitative estimate of drug-likeness (QED) is 0.581. The van der Waals surface area contributed by atoms with Gasteiger partial charge in [0.25, 0.3) is 0 Å². The van der Waals surface area contributed by atoms with Crippen LogP contribution in [0.25, 0.3) is 16.9 Å². The van der Waals surface area contributed by atoms with Gasteiger partial charge in [0.05, 0.1) is 5.92 Å². The lowest BCUT2D eigenvalue weighted by Gasteiger charge is -2.34. The van der Waals surface area contributed by atoms with E-state index in [-0.39, 0.29) is 11.8 Å². The minimum absolute atomic E-state index is 0.0194. The summed E-state index contributed by atoms with van der Waals surface area (Å²) in [6.07, 6.45) is 4.66. The van der Waals surface area contributed by atoms with Gasteiger partial charge in [-0.15, -0.1) is 0 Å². The maximum Gasteiger partial charge on any atom is 0.229 e. The van der Waals surface area contributed by atoms with Crippen LogP contribution in [0.4, 0.5) is 11.8 Å². The van der Waals surface area contributed by atoms with Gasteiger partial charge in [-0.25, -0.2) is 4.98 Å². The Balaban J connectivity index is 1.70. The standard InChI is InChI=1S/C24H33N7O/c1-4-14-25-21-20-22(31(17-26-20)19-12-8-7-9-13-19)28-24(27-21)30-15-10-11-18(16-30)23(32)29(5-2)6-3/h7-9,12-13,17-18H,4-6,10-11,14-16H2,1-3H3,(H,25,27,28). The zero-order valence-corrected chi connectivity index (χ0v) is 19.3. The van der Waals surface area contributed by atoms with E-state index in [0.29, 0.717) is 12.5 Å². The number of hydrogen-bond donors (Lipinski definition) is 1. The fourth-order valence-corrected chi connectivity index (χ4v) is 4.33. The maximum atomic E-state index is 13.0. The summed E-state index contributed by atoms with van der Waals surface area (Å²) in [6.45, 7) is 10.00. The van der Waals surface area contributed by atoms with Crippen molar-refractivity contribution in [1.82, 2.24) is 24.4 Å². The molecule has 1 atom stereocenters. The number of benzene rings is 1. The van der Waals surface area contributed by atoms with Gasteiger partial charge in [-0.3, -0.25) is 9.36 Å². The Morgan fingerprint density at radius 2 is 1.94 bits per heavy atom. The second kappa shape index (κ2) is 9.97. The molecule has 170 valence electrons. The lowest BCUT2D eigenvalue weighted by Crippen LogP contribution is -2.45. The number of para-hydroxylation sites is 1. The molecule has 32 heavy (non-hydrogen) atoms. The van der Waals surface area contributed by atoms with Gasteiger partial charge in [0.2, 0.25) is 11.9 Å². The van der Waals surface area contributed by atoms with Crippen LogP contribution in [0.15, 0.2) is 36.7 Å². The number of anilines is 2. The van der Waals surface area contributed by atoms with Gasteiger partial charge in [0.1, 0.15) is 6.33 Å². The third-order valence-corrected chi connectivity index (χ3v) is 6.09. The third-order valence-electron chi connectivity index (χ3n) is 6.09. The molecule has 0 bridgehead atoms. The number of carbonyl (C=O) groups excluding carboxylic acids is 1. The van der Waals surface area contributed by atoms with Crippen molar-refractivity contribution in [2.45, 2.75) is 40.0 Å². The lowest BCUT2D eigenvalue weighted by atomic mass is 9.96. The van der Waals surface area contributed by atoms with Crippen molar-refractivity contribution >= 4 is 28.8 Å². The Bertz CT molecular complexity index is 1050. The molecule has 3 aromatic rings. The van der Waals surface area contributed by atoms with E-state index in [1.165, 1.54) is 0 Å². The van der Waals surface area contributed by atoms with Crippen molar-refractivity contribution in [3.05, 3.63) is 36.7 Å². The molecule has 0 radical (unpaired) electrons. The Labute approximate surface area is 189 Å². The highest BCUT2D eigenvalue weighted by molar-refractivity contribution is 5.86. The number of nitrogens with zero attached hydrogens (tertiary/aromatic N) is 6. The van der Waals surface area contributed by atoms with Crippen LogP contribution in [0.5, 0.6) is 0 Å². The van der Waals surface area contributed by atoms with Crippen LogP contribution in [0, 0.1) is 5.92 Å². The maximum absolute atomic E-state index is 13.0. The summed E-state index contributed by atoms with van der Waals surface area (Å²) >= 11 is 0. The Kier molecular flexibility index (Phi) is 6.87. The molecular formula is C24H33N7O. The first-order valence-corrected chi connectivity index (χ1v) is 11.7. The van der Waals surface area contributed by atoms with Gasteiger partial charge < -0.3 is 15.1 Å². The highest BCUT2D eigenvalue weighted by atomic mass is 16.2. The molecule has 1 aromatic carbocycles. The molecule has 1 aliphatic rings. The van der Waals surface area contributed by atoms with Gasteiger partial charge in [-0.05, 0) is 45.2 Å². The second-order valence-corrected chi connectivity index (χ2v) is 8.22. The SMILES string of the molecule is CCCNc1nc(N2CCCC(C(=O)N(CC)CC)C2)nc2c1ncn2-c1ccccc1. The summed E-state index contributed by atoms with van der Waals surface area (Å²) in [6, 6.07) is 10.1. The first kappa shape index (κ1) is 22.0. The normalized spacial score (nSPS) is 16.3. The zero-order chi connectivity index (χ0) is 22.5. The van der Waals surface area contributed by atoms with Crippen LogP contribution in [0.3, 0.4) is 0 Å². The summed E-state index contributed by atoms with van der Waals surface area (Å²) in [5, 5.41) is 3.42. The van der Waals surface area contributed by atoms with E-state index in [0.717, 1.165) is 68.1 Å². The number of hydrogen-bond acceptors (Lipinski definition) is 6. The number of amides is 1. The van der Waals surface area contributed by atoms with E-state index in [9.17, 15) is 4.79 Å². The van der Waals surface area contributed by atoms with Crippen molar-refractivity contribution in [1.29, 1.82) is 0 Å². The van der Waals surface area contributed by atoms with Crippen LogP contribution in [0.1, 0.15) is 40.0 Å². The van der Waals surface area contributed by atoms with Gasteiger partial charge in [-0.1, -0.05) is 25.1 Å². The molecule has 0 aliphatic carbocycles. The first-order chi connectivity index (χ1) is 15.7. The molecule has 4 rings (SSSR count). The van der Waals surface area contributed by atoms with Crippen LogP contribution in [0.2, 0.25) is 0 Å². The Morgan fingerprint density at radius 3 is 2.66 bits per heavy atom. The van der Waals surface area contributed by atoms with Crippen molar-refractivity contribution in [3.8, 4) is 5.69 Å². The average Bonchev–Trinajstić information content (AvgIpc) is 3.28. The van der Waals surface area contributed by atoms with Crippen molar-refractivity contribution < 1.29 is 4.79 Å². The van der Waals surface area contributed by atoms with Crippen LogP contribution < -0.4 is 10.2 Å². The molecule has 3 heterocycles. The largest absolute Gasteiger partial charge is 0.368 e. The number of imidazole rings is 1. The molecule has 0 saturated carbocycles. The summed E-state index contributed by atoms with van der Waals surface area (Å²) < 4.78 is 2.00. The topological polar surface area (TPSA) is 79.2 Å². The molecule has 1 N–H and O–H groups in total.